The molecular formula is C13H27N3. The molecule has 0 aromatic carbocycles. The third-order valence-corrected chi connectivity index (χ3v) is 4.15. The highest BCUT2D eigenvalue weighted by atomic mass is 15.3. The lowest BCUT2D eigenvalue weighted by Crippen LogP contribution is -2.52. The molecule has 0 aromatic heterocycles. The van der Waals surface area contributed by atoms with Crippen LogP contribution in [0.4, 0.5) is 0 Å². The zero-order chi connectivity index (χ0) is 11.4. The Bertz CT molecular complexity index is 199. The van der Waals surface area contributed by atoms with E-state index in [-0.39, 0.29) is 0 Å². The first-order chi connectivity index (χ1) is 7.79. The van der Waals surface area contributed by atoms with Gasteiger partial charge in [-0.2, -0.15) is 0 Å². The van der Waals surface area contributed by atoms with Gasteiger partial charge in [0.2, 0.25) is 0 Å². The fourth-order valence-electron chi connectivity index (χ4n) is 3.20. The van der Waals surface area contributed by atoms with E-state index in [9.17, 15) is 0 Å². The van der Waals surface area contributed by atoms with Crippen LogP contribution in [0.25, 0.3) is 0 Å². The van der Waals surface area contributed by atoms with Crippen molar-refractivity contribution >= 4 is 0 Å². The molecule has 2 fully saturated rings. The van der Waals surface area contributed by atoms with Gasteiger partial charge in [-0.05, 0) is 32.2 Å². The molecule has 3 nitrogen and oxygen atoms in total. The fourth-order valence-corrected chi connectivity index (χ4v) is 3.20. The van der Waals surface area contributed by atoms with Crippen molar-refractivity contribution in [2.45, 2.75) is 51.1 Å². The molecule has 1 saturated carbocycles. The number of nitrogens with zero attached hydrogens (tertiary/aromatic N) is 2. The summed E-state index contributed by atoms with van der Waals surface area (Å²) in [5.74, 6) is 0. The third-order valence-electron chi connectivity index (χ3n) is 4.15. The zero-order valence-electron chi connectivity index (χ0n) is 10.7. The van der Waals surface area contributed by atoms with Crippen LogP contribution in [-0.2, 0) is 0 Å². The first kappa shape index (κ1) is 12.3. The van der Waals surface area contributed by atoms with Crippen molar-refractivity contribution in [1.29, 1.82) is 0 Å². The van der Waals surface area contributed by atoms with E-state index in [1.807, 2.05) is 0 Å². The molecule has 0 spiro atoms. The second kappa shape index (κ2) is 5.99. The molecule has 94 valence electrons. The summed E-state index contributed by atoms with van der Waals surface area (Å²) in [5, 5.41) is 0. The van der Waals surface area contributed by atoms with Crippen LogP contribution in [0.2, 0.25) is 0 Å². The van der Waals surface area contributed by atoms with E-state index < -0.39 is 0 Å². The van der Waals surface area contributed by atoms with Gasteiger partial charge < -0.3 is 10.6 Å². The van der Waals surface area contributed by atoms with Crippen LogP contribution in [0.3, 0.4) is 0 Å². The Labute approximate surface area is 100.0 Å². The molecule has 1 saturated heterocycles. The molecule has 3 heteroatoms. The molecule has 0 amide bonds. The van der Waals surface area contributed by atoms with Crippen molar-refractivity contribution in [3.05, 3.63) is 0 Å². The zero-order valence-corrected chi connectivity index (χ0v) is 10.7. The van der Waals surface area contributed by atoms with Gasteiger partial charge in [-0.25, -0.2) is 0 Å². The molecule has 0 radical (unpaired) electrons. The molecule has 16 heavy (non-hydrogen) atoms. The van der Waals surface area contributed by atoms with E-state index in [0.29, 0.717) is 6.04 Å². The lowest BCUT2D eigenvalue weighted by Gasteiger charge is -2.41. The first-order valence-electron chi connectivity index (χ1n) is 7.01. The Morgan fingerprint density at radius 2 is 1.88 bits per heavy atom. The summed E-state index contributed by atoms with van der Waals surface area (Å²) < 4.78 is 0. The second-order valence-corrected chi connectivity index (χ2v) is 5.46. The van der Waals surface area contributed by atoms with E-state index in [4.69, 9.17) is 5.73 Å². The van der Waals surface area contributed by atoms with Crippen molar-refractivity contribution in [3.8, 4) is 0 Å². The van der Waals surface area contributed by atoms with Gasteiger partial charge in [-0.3, -0.25) is 4.90 Å². The van der Waals surface area contributed by atoms with Crippen LogP contribution >= 0.6 is 0 Å². The van der Waals surface area contributed by atoms with Gasteiger partial charge >= 0.3 is 0 Å². The van der Waals surface area contributed by atoms with Gasteiger partial charge in [0.15, 0.2) is 0 Å². The SMILES string of the molecule is CCCN1CCN(C2CCCC(N)C2)CC1. The molecule has 0 bridgehead atoms. The smallest absolute Gasteiger partial charge is 0.0113 e. The molecule has 2 N–H and O–H groups in total. The molecule has 2 aliphatic rings. The summed E-state index contributed by atoms with van der Waals surface area (Å²) in [6, 6.07) is 1.25. The van der Waals surface area contributed by atoms with Crippen molar-refractivity contribution in [1.82, 2.24) is 9.80 Å². The fraction of sp³-hybridized carbons (Fsp3) is 1.00. The maximum atomic E-state index is 6.07. The molecule has 2 unspecified atom stereocenters. The van der Waals surface area contributed by atoms with Crippen LogP contribution in [0.5, 0.6) is 0 Å². The summed E-state index contributed by atoms with van der Waals surface area (Å²) in [6.07, 6.45) is 6.47. The van der Waals surface area contributed by atoms with E-state index in [0.717, 1.165) is 6.04 Å². The summed E-state index contributed by atoms with van der Waals surface area (Å²) in [4.78, 5) is 5.28. The van der Waals surface area contributed by atoms with Gasteiger partial charge in [0.25, 0.3) is 0 Å². The van der Waals surface area contributed by atoms with Crippen LogP contribution in [-0.4, -0.2) is 54.6 Å². The maximum Gasteiger partial charge on any atom is 0.0113 e. The van der Waals surface area contributed by atoms with Crippen LogP contribution in [0, 0.1) is 0 Å². The number of hydrogen-bond acceptors (Lipinski definition) is 3. The Kier molecular flexibility index (Phi) is 4.62. The Balaban J connectivity index is 1.75. The highest BCUT2D eigenvalue weighted by Crippen LogP contribution is 2.22. The Morgan fingerprint density at radius 3 is 2.50 bits per heavy atom. The van der Waals surface area contributed by atoms with Crippen molar-refractivity contribution < 1.29 is 0 Å². The number of nitrogens with two attached hydrogens (primary N) is 1. The molecule has 1 aliphatic carbocycles. The average Bonchev–Trinajstić information content (AvgIpc) is 2.30. The van der Waals surface area contributed by atoms with Gasteiger partial charge in [-0.1, -0.05) is 13.3 Å². The predicted octanol–water partition coefficient (Wildman–Crippen LogP) is 1.28. The van der Waals surface area contributed by atoms with E-state index in [1.165, 1.54) is 64.8 Å². The second-order valence-electron chi connectivity index (χ2n) is 5.46. The summed E-state index contributed by atoms with van der Waals surface area (Å²) in [7, 11) is 0. The Hall–Kier alpha value is -0.120. The number of piperazine rings is 1. The van der Waals surface area contributed by atoms with E-state index in [2.05, 4.69) is 16.7 Å². The third kappa shape index (κ3) is 3.19. The predicted molar refractivity (Wildman–Crippen MR) is 68.5 cm³/mol. The summed E-state index contributed by atoms with van der Waals surface area (Å²) in [5.41, 5.74) is 6.07. The normalized spacial score (nSPS) is 34.1. The topological polar surface area (TPSA) is 32.5 Å². The lowest BCUT2D eigenvalue weighted by molar-refractivity contribution is 0.0753. The lowest BCUT2D eigenvalue weighted by atomic mass is 9.90. The van der Waals surface area contributed by atoms with Crippen molar-refractivity contribution in [2.24, 2.45) is 5.73 Å². The average molecular weight is 225 g/mol. The maximum absolute atomic E-state index is 6.07. The largest absolute Gasteiger partial charge is 0.328 e. The minimum absolute atomic E-state index is 0.465. The highest BCUT2D eigenvalue weighted by molar-refractivity contribution is 4.84. The molecule has 2 atom stereocenters. The van der Waals surface area contributed by atoms with Crippen molar-refractivity contribution in [2.75, 3.05) is 32.7 Å². The minimum atomic E-state index is 0.465. The minimum Gasteiger partial charge on any atom is -0.328 e. The van der Waals surface area contributed by atoms with E-state index in [1.54, 1.807) is 0 Å². The van der Waals surface area contributed by atoms with Gasteiger partial charge in [-0.15, -0.1) is 0 Å². The number of rotatable bonds is 3. The van der Waals surface area contributed by atoms with Gasteiger partial charge in [0.1, 0.15) is 0 Å². The highest BCUT2D eigenvalue weighted by Gasteiger charge is 2.27. The van der Waals surface area contributed by atoms with Gasteiger partial charge in [0.05, 0.1) is 0 Å². The molecular weight excluding hydrogens is 198 g/mol. The van der Waals surface area contributed by atoms with E-state index >= 15 is 0 Å². The quantitative estimate of drug-likeness (QED) is 0.785. The van der Waals surface area contributed by atoms with Crippen LogP contribution in [0.15, 0.2) is 0 Å². The summed E-state index contributed by atoms with van der Waals surface area (Å²) >= 11 is 0. The molecule has 0 aromatic rings. The monoisotopic (exact) mass is 225 g/mol. The first-order valence-corrected chi connectivity index (χ1v) is 7.01. The Morgan fingerprint density at radius 1 is 1.12 bits per heavy atom. The molecule has 1 aliphatic heterocycles. The summed E-state index contributed by atoms with van der Waals surface area (Å²) in [6.45, 7) is 8.60. The number of hydrogen-bond donors (Lipinski definition) is 1. The molecule has 2 rings (SSSR count). The van der Waals surface area contributed by atoms with Crippen LogP contribution < -0.4 is 5.73 Å². The molecule has 1 heterocycles. The van der Waals surface area contributed by atoms with Gasteiger partial charge in [0, 0.05) is 38.3 Å². The standard InChI is InChI=1S/C13H27N3/c1-2-6-15-7-9-16(10-8-15)13-5-3-4-12(14)11-13/h12-13H,2-11,14H2,1H3. The van der Waals surface area contributed by atoms with Crippen molar-refractivity contribution in [3.63, 3.8) is 0 Å². The van der Waals surface area contributed by atoms with Crippen LogP contribution in [0.1, 0.15) is 39.0 Å².